The van der Waals surface area contributed by atoms with Gasteiger partial charge in [-0.05, 0) is 25.3 Å². The molecule has 0 aliphatic rings. The number of carbonyl (C=O) groups is 1. The van der Waals surface area contributed by atoms with Gasteiger partial charge in [-0.1, -0.05) is 18.2 Å². The Morgan fingerprint density at radius 3 is 2.89 bits per heavy atom. The minimum atomic E-state index is 0.0694. The van der Waals surface area contributed by atoms with E-state index in [1.807, 2.05) is 36.6 Å². The molecule has 1 aromatic carbocycles. The number of thioether (sulfide) groups is 1. The van der Waals surface area contributed by atoms with E-state index in [2.05, 4.69) is 9.98 Å². The van der Waals surface area contributed by atoms with E-state index in [4.69, 9.17) is 0 Å². The van der Waals surface area contributed by atoms with Crippen LogP contribution in [-0.2, 0) is 4.79 Å². The number of Topliss-reactive ketones (excluding diaryl/α,β-unsaturated/α-hetero) is 1. The van der Waals surface area contributed by atoms with Gasteiger partial charge in [0, 0.05) is 17.1 Å². The third-order valence-corrected chi connectivity index (χ3v) is 3.25. The van der Waals surface area contributed by atoms with Crippen molar-refractivity contribution < 1.29 is 4.79 Å². The van der Waals surface area contributed by atoms with Gasteiger partial charge in [-0.15, -0.1) is 11.8 Å². The molecule has 3 nitrogen and oxygen atoms in total. The lowest BCUT2D eigenvalue weighted by Gasteiger charge is -2.07. The van der Waals surface area contributed by atoms with E-state index in [1.165, 1.54) is 0 Å². The average Bonchev–Trinajstić information content (AvgIpc) is 2.39. The molecule has 0 atom stereocenters. The summed E-state index contributed by atoms with van der Waals surface area (Å²) in [6.45, 7) is 1.78. The van der Waals surface area contributed by atoms with Crippen molar-refractivity contribution in [2.75, 3.05) is 12.8 Å². The van der Waals surface area contributed by atoms with Gasteiger partial charge in [-0.3, -0.25) is 14.8 Å². The van der Waals surface area contributed by atoms with Crippen LogP contribution in [0.4, 0.5) is 0 Å². The third kappa shape index (κ3) is 2.76. The van der Waals surface area contributed by atoms with Gasteiger partial charge in [-0.2, -0.15) is 0 Å². The third-order valence-electron chi connectivity index (χ3n) is 2.51. The maximum atomic E-state index is 11.0. The highest BCUT2D eigenvalue weighted by molar-refractivity contribution is 8.13. The summed E-state index contributed by atoms with van der Waals surface area (Å²) in [5, 5.41) is 1.94. The molecule has 2 aromatic rings. The van der Waals surface area contributed by atoms with E-state index in [0.717, 1.165) is 21.5 Å². The first-order valence-corrected chi connectivity index (χ1v) is 6.87. The number of hydrogen-bond donors (Lipinski definition) is 0. The Morgan fingerprint density at radius 2 is 2.17 bits per heavy atom. The number of aliphatic imine (C=N–C) groups is 1. The Morgan fingerprint density at radius 1 is 1.33 bits per heavy atom. The number of carbonyl (C=O) groups excluding carboxylic acids is 1. The molecule has 0 amide bonds. The summed E-state index contributed by atoms with van der Waals surface area (Å²) in [7, 11) is 0. The van der Waals surface area contributed by atoms with Crippen molar-refractivity contribution in [2.24, 2.45) is 4.99 Å². The predicted molar refractivity (Wildman–Crippen MR) is 77.3 cm³/mol. The molecular formula is C14H14N2OS. The molecule has 92 valence electrons. The average molecular weight is 258 g/mol. The first-order valence-electron chi connectivity index (χ1n) is 5.64. The van der Waals surface area contributed by atoms with Crippen molar-refractivity contribution in [3.63, 3.8) is 0 Å². The van der Waals surface area contributed by atoms with Gasteiger partial charge in [0.1, 0.15) is 0 Å². The van der Waals surface area contributed by atoms with E-state index in [-0.39, 0.29) is 12.3 Å². The summed E-state index contributed by atoms with van der Waals surface area (Å²) >= 11 is 1.55. The van der Waals surface area contributed by atoms with Gasteiger partial charge in [-0.25, -0.2) is 0 Å². The lowest BCUT2D eigenvalue weighted by Crippen LogP contribution is -2.02. The zero-order valence-electron chi connectivity index (χ0n) is 10.4. The van der Waals surface area contributed by atoms with Crippen molar-refractivity contribution >= 4 is 33.5 Å². The SMILES string of the molecule is CSC(=NCC(C)=O)c1cccc2ncccc12. The zero-order chi connectivity index (χ0) is 13.0. The highest BCUT2D eigenvalue weighted by atomic mass is 32.2. The van der Waals surface area contributed by atoms with Crippen LogP contribution >= 0.6 is 11.8 Å². The molecule has 0 radical (unpaired) electrons. The quantitative estimate of drug-likeness (QED) is 0.628. The molecule has 1 aromatic heterocycles. The molecule has 0 aliphatic heterocycles. The number of hydrogen-bond acceptors (Lipinski definition) is 4. The number of fused-ring (bicyclic) bond motifs is 1. The second-order valence-electron chi connectivity index (χ2n) is 3.90. The first-order chi connectivity index (χ1) is 8.72. The Labute approximate surface area is 110 Å². The van der Waals surface area contributed by atoms with E-state index >= 15 is 0 Å². The molecular weight excluding hydrogens is 244 g/mol. The molecule has 0 unspecified atom stereocenters. The second kappa shape index (κ2) is 5.78. The Bertz CT molecular complexity index is 602. The second-order valence-corrected chi connectivity index (χ2v) is 4.70. The highest BCUT2D eigenvalue weighted by Crippen LogP contribution is 2.21. The Kier molecular flexibility index (Phi) is 4.10. The molecule has 18 heavy (non-hydrogen) atoms. The van der Waals surface area contributed by atoms with Crippen LogP contribution in [0, 0.1) is 0 Å². The van der Waals surface area contributed by atoms with Crippen LogP contribution in [0.15, 0.2) is 41.5 Å². The molecule has 0 saturated carbocycles. The summed E-state index contributed by atoms with van der Waals surface area (Å²) in [5.41, 5.74) is 1.98. The summed E-state index contributed by atoms with van der Waals surface area (Å²) < 4.78 is 0. The maximum Gasteiger partial charge on any atom is 0.151 e. The maximum absolute atomic E-state index is 11.0. The minimum absolute atomic E-state index is 0.0694. The Balaban J connectivity index is 2.51. The molecule has 0 spiro atoms. The van der Waals surface area contributed by atoms with Crippen LogP contribution in [-0.4, -0.2) is 28.6 Å². The Hall–Kier alpha value is -1.68. The largest absolute Gasteiger partial charge is 0.298 e. The van der Waals surface area contributed by atoms with Gasteiger partial charge in [0.05, 0.1) is 17.1 Å². The van der Waals surface area contributed by atoms with E-state index < -0.39 is 0 Å². The number of pyridine rings is 1. The lowest BCUT2D eigenvalue weighted by molar-refractivity contribution is -0.115. The smallest absolute Gasteiger partial charge is 0.151 e. The number of rotatable bonds is 3. The van der Waals surface area contributed by atoms with E-state index in [1.54, 1.807) is 24.9 Å². The fourth-order valence-corrected chi connectivity index (χ4v) is 2.32. The number of nitrogens with zero attached hydrogens (tertiary/aromatic N) is 2. The van der Waals surface area contributed by atoms with E-state index in [9.17, 15) is 4.79 Å². The van der Waals surface area contributed by atoms with Crippen LogP contribution in [0.25, 0.3) is 10.9 Å². The molecule has 4 heteroatoms. The molecule has 0 fully saturated rings. The van der Waals surface area contributed by atoms with Gasteiger partial charge in [0.2, 0.25) is 0 Å². The number of ketones is 1. The van der Waals surface area contributed by atoms with Crippen LogP contribution in [0.1, 0.15) is 12.5 Å². The number of benzene rings is 1. The van der Waals surface area contributed by atoms with Crippen molar-refractivity contribution in [2.45, 2.75) is 6.92 Å². The summed E-state index contributed by atoms with van der Waals surface area (Å²) in [4.78, 5) is 19.7. The fraction of sp³-hybridized carbons (Fsp3) is 0.214. The highest BCUT2D eigenvalue weighted by Gasteiger charge is 2.07. The molecule has 1 heterocycles. The first kappa shape index (κ1) is 12.8. The van der Waals surface area contributed by atoms with Crippen molar-refractivity contribution in [3.05, 3.63) is 42.1 Å². The monoisotopic (exact) mass is 258 g/mol. The molecule has 0 saturated heterocycles. The standard InChI is InChI=1S/C14H14N2OS/c1-10(17)9-16-14(18-2)12-5-3-7-13-11(12)6-4-8-15-13/h3-8H,9H2,1-2H3. The van der Waals surface area contributed by atoms with Crippen LogP contribution in [0.5, 0.6) is 0 Å². The molecule has 0 N–H and O–H groups in total. The van der Waals surface area contributed by atoms with Gasteiger partial charge in [0.25, 0.3) is 0 Å². The lowest BCUT2D eigenvalue weighted by atomic mass is 10.1. The van der Waals surface area contributed by atoms with Crippen molar-refractivity contribution in [3.8, 4) is 0 Å². The van der Waals surface area contributed by atoms with Gasteiger partial charge < -0.3 is 0 Å². The van der Waals surface area contributed by atoms with Gasteiger partial charge >= 0.3 is 0 Å². The topological polar surface area (TPSA) is 42.3 Å². The molecule has 2 rings (SSSR count). The van der Waals surface area contributed by atoms with Crippen molar-refractivity contribution in [1.82, 2.24) is 4.98 Å². The van der Waals surface area contributed by atoms with Crippen LogP contribution < -0.4 is 0 Å². The zero-order valence-corrected chi connectivity index (χ0v) is 11.2. The van der Waals surface area contributed by atoms with Crippen LogP contribution in [0.3, 0.4) is 0 Å². The normalized spacial score (nSPS) is 11.8. The fourth-order valence-electron chi connectivity index (χ4n) is 1.73. The summed E-state index contributed by atoms with van der Waals surface area (Å²) in [6, 6.07) is 9.89. The van der Waals surface area contributed by atoms with E-state index in [0.29, 0.717) is 0 Å². The molecule has 0 aliphatic carbocycles. The summed E-state index contributed by atoms with van der Waals surface area (Å²) in [5.74, 6) is 0.0694. The minimum Gasteiger partial charge on any atom is -0.298 e. The summed E-state index contributed by atoms with van der Waals surface area (Å²) in [6.07, 6.45) is 3.74. The molecule has 0 bridgehead atoms. The predicted octanol–water partition coefficient (Wildman–Crippen LogP) is 2.93. The van der Waals surface area contributed by atoms with Crippen molar-refractivity contribution in [1.29, 1.82) is 0 Å². The van der Waals surface area contributed by atoms with Gasteiger partial charge in [0.15, 0.2) is 5.78 Å². The number of aromatic nitrogens is 1. The van der Waals surface area contributed by atoms with Crippen LogP contribution in [0.2, 0.25) is 0 Å².